The zero-order valence-corrected chi connectivity index (χ0v) is 13.8. The highest BCUT2D eigenvalue weighted by Crippen LogP contribution is 2.27. The quantitative estimate of drug-likeness (QED) is 0.584. The Bertz CT molecular complexity index is 1050. The maximum absolute atomic E-state index is 11.0. The van der Waals surface area contributed by atoms with Crippen molar-refractivity contribution in [2.75, 3.05) is 11.9 Å². The van der Waals surface area contributed by atoms with Gasteiger partial charge in [-0.15, -0.1) is 0 Å². The Morgan fingerprint density at radius 2 is 2.15 bits per heavy atom. The number of para-hydroxylation sites is 1. The molecule has 1 aromatic carbocycles. The fourth-order valence-electron chi connectivity index (χ4n) is 2.62. The molecular formula is C16H15N7O3. The predicted octanol–water partition coefficient (Wildman–Crippen LogP) is 2.10. The van der Waals surface area contributed by atoms with Crippen LogP contribution in [-0.2, 0) is 13.1 Å². The van der Waals surface area contributed by atoms with Crippen molar-refractivity contribution in [3.63, 3.8) is 0 Å². The van der Waals surface area contributed by atoms with Crippen molar-refractivity contribution in [2.24, 2.45) is 0 Å². The van der Waals surface area contributed by atoms with Gasteiger partial charge in [0.05, 0.1) is 18.4 Å². The smallest absolute Gasteiger partial charge is 0.414 e. The molecule has 0 fully saturated rings. The summed E-state index contributed by atoms with van der Waals surface area (Å²) < 4.78 is 9.05. The highest BCUT2D eigenvalue weighted by atomic mass is 16.5. The molecule has 0 bridgehead atoms. The molecule has 1 N–H and O–H groups in total. The lowest BCUT2D eigenvalue weighted by atomic mass is 10.2. The number of benzene rings is 1. The third kappa shape index (κ3) is 2.77. The van der Waals surface area contributed by atoms with Crippen LogP contribution in [0.15, 0.2) is 47.5 Å². The second kappa shape index (κ2) is 6.31. The lowest BCUT2D eigenvalue weighted by molar-refractivity contribution is 0.202. The number of imidazole rings is 1. The molecule has 0 saturated heterocycles. The maximum Gasteiger partial charge on any atom is 0.414 e. The van der Waals surface area contributed by atoms with E-state index in [1.807, 2.05) is 39.7 Å². The number of aromatic nitrogens is 6. The highest BCUT2D eigenvalue weighted by Gasteiger charge is 2.21. The van der Waals surface area contributed by atoms with Gasteiger partial charge >= 0.3 is 6.09 Å². The molecule has 10 nitrogen and oxygen atoms in total. The van der Waals surface area contributed by atoms with Crippen molar-refractivity contribution in [1.29, 1.82) is 0 Å². The normalized spacial score (nSPS) is 11.1. The van der Waals surface area contributed by atoms with E-state index in [0.717, 1.165) is 15.8 Å². The molecule has 26 heavy (non-hydrogen) atoms. The second-order valence-electron chi connectivity index (χ2n) is 5.63. The third-order valence-electron chi connectivity index (χ3n) is 3.99. The van der Waals surface area contributed by atoms with Crippen LogP contribution in [0.3, 0.4) is 0 Å². The van der Waals surface area contributed by atoms with Crippen molar-refractivity contribution < 1.29 is 14.4 Å². The number of carboxylic acid groups (broad SMARTS) is 1. The topological polar surface area (TPSA) is 115 Å². The summed E-state index contributed by atoms with van der Waals surface area (Å²) in [6, 6.07) is 7.70. The van der Waals surface area contributed by atoms with E-state index in [4.69, 9.17) is 9.63 Å². The summed E-state index contributed by atoms with van der Waals surface area (Å²) >= 11 is 0. The first kappa shape index (κ1) is 15.8. The average Bonchev–Trinajstić information content (AvgIpc) is 3.38. The summed E-state index contributed by atoms with van der Waals surface area (Å²) in [6.45, 7) is 1.34. The monoisotopic (exact) mass is 353 g/mol. The molecule has 0 spiro atoms. The van der Waals surface area contributed by atoms with Gasteiger partial charge in [-0.05, 0) is 11.2 Å². The lowest BCUT2D eigenvalue weighted by Crippen LogP contribution is -2.24. The minimum absolute atomic E-state index is 0.0375. The summed E-state index contributed by atoms with van der Waals surface area (Å²) in [6.07, 6.45) is 4.19. The number of rotatable bonds is 5. The Kier molecular flexibility index (Phi) is 3.84. The van der Waals surface area contributed by atoms with Crippen LogP contribution in [0.5, 0.6) is 0 Å². The first-order valence-electron chi connectivity index (χ1n) is 7.85. The van der Waals surface area contributed by atoms with Crippen LogP contribution in [0, 0.1) is 0 Å². The molecule has 0 aliphatic rings. The van der Waals surface area contributed by atoms with E-state index < -0.39 is 6.09 Å². The van der Waals surface area contributed by atoms with Crippen LogP contribution < -0.4 is 4.90 Å². The summed E-state index contributed by atoms with van der Waals surface area (Å²) in [5, 5.41) is 18.2. The van der Waals surface area contributed by atoms with Gasteiger partial charge in [0.1, 0.15) is 0 Å². The van der Waals surface area contributed by atoms with Gasteiger partial charge in [-0.25, -0.2) is 14.7 Å². The molecule has 0 aliphatic carbocycles. The van der Waals surface area contributed by atoms with Crippen molar-refractivity contribution >= 4 is 22.9 Å². The fraction of sp³-hybridized carbons (Fsp3) is 0.188. The van der Waals surface area contributed by atoms with E-state index in [-0.39, 0.29) is 11.8 Å². The molecule has 132 valence electrons. The van der Waals surface area contributed by atoms with Gasteiger partial charge in [0.25, 0.3) is 11.8 Å². The van der Waals surface area contributed by atoms with Crippen molar-refractivity contribution in [3.8, 4) is 11.6 Å². The fourth-order valence-corrected chi connectivity index (χ4v) is 2.62. The van der Waals surface area contributed by atoms with Gasteiger partial charge < -0.3 is 14.2 Å². The number of nitrogens with zero attached hydrogens (tertiary/aromatic N) is 7. The molecule has 3 heterocycles. The average molecular weight is 353 g/mol. The number of aryl methyl sites for hydroxylation is 2. The first-order valence-corrected chi connectivity index (χ1v) is 7.85. The van der Waals surface area contributed by atoms with Crippen LogP contribution in [0.1, 0.15) is 0 Å². The van der Waals surface area contributed by atoms with E-state index in [0.29, 0.717) is 18.8 Å². The SMILES string of the molecule is CN(C(=O)O)c1noc(-c2nn(CCn3ccnc3)c3ccccc23)n1. The Morgan fingerprint density at radius 1 is 1.31 bits per heavy atom. The highest BCUT2D eigenvalue weighted by molar-refractivity contribution is 5.91. The lowest BCUT2D eigenvalue weighted by Gasteiger charge is -2.04. The molecule has 0 unspecified atom stereocenters. The molecule has 10 heteroatoms. The zero-order valence-electron chi connectivity index (χ0n) is 13.8. The van der Waals surface area contributed by atoms with Crippen LogP contribution >= 0.6 is 0 Å². The molecule has 4 rings (SSSR count). The number of carbonyl (C=O) groups is 1. The van der Waals surface area contributed by atoms with Gasteiger partial charge in [0, 0.05) is 31.4 Å². The maximum atomic E-state index is 11.0. The summed E-state index contributed by atoms with van der Waals surface area (Å²) in [4.78, 5) is 20.1. The van der Waals surface area contributed by atoms with Gasteiger partial charge in [0.2, 0.25) is 0 Å². The molecule has 1 amide bonds. The number of anilines is 1. The van der Waals surface area contributed by atoms with Crippen LogP contribution in [-0.4, -0.2) is 47.7 Å². The molecule has 0 saturated carbocycles. The minimum Gasteiger partial charge on any atom is -0.465 e. The Labute approximate surface area is 147 Å². The largest absolute Gasteiger partial charge is 0.465 e. The van der Waals surface area contributed by atoms with E-state index in [1.165, 1.54) is 7.05 Å². The Morgan fingerprint density at radius 3 is 2.92 bits per heavy atom. The first-order chi connectivity index (χ1) is 12.6. The van der Waals surface area contributed by atoms with Crippen molar-refractivity contribution in [3.05, 3.63) is 43.0 Å². The number of hydrogen-bond donors (Lipinski definition) is 1. The van der Waals surface area contributed by atoms with Crippen LogP contribution in [0.25, 0.3) is 22.5 Å². The molecule has 3 aromatic heterocycles. The minimum atomic E-state index is -1.17. The van der Waals surface area contributed by atoms with Gasteiger partial charge in [-0.3, -0.25) is 4.68 Å². The second-order valence-corrected chi connectivity index (χ2v) is 5.63. The summed E-state index contributed by atoms with van der Waals surface area (Å²) in [5.74, 6) is 0.134. The van der Waals surface area contributed by atoms with Crippen molar-refractivity contribution in [1.82, 2.24) is 29.5 Å². The molecule has 0 atom stereocenters. The number of amides is 1. The number of hydrogen-bond acceptors (Lipinski definition) is 6. The zero-order chi connectivity index (χ0) is 18.1. The van der Waals surface area contributed by atoms with Crippen molar-refractivity contribution in [2.45, 2.75) is 13.1 Å². The van der Waals surface area contributed by atoms with Gasteiger partial charge in [-0.1, -0.05) is 18.2 Å². The van der Waals surface area contributed by atoms with E-state index in [1.54, 1.807) is 12.5 Å². The predicted molar refractivity (Wildman–Crippen MR) is 91.7 cm³/mol. The summed E-state index contributed by atoms with van der Waals surface area (Å²) in [5.41, 5.74) is 1.44. The standard InChI is InChI=1S/C16H15N7O3/c1-21(16(24)25)15-18-14(26-20-15)13-11-4-2-3-5-12(11)23(19-13)9-8-22-7-6-17-10-22/h2-7,10H,8-9H2,1H3,(H,24,25). The molecular weight excluding hydrogens is 338 g/mol. The summed E-state index contributed by atoms with van der Waals surface area (Å²) in [7, 11) is 1.35. The van der Waals surface area contributed by atoms with Crippen LogP contribution in [0.2, 0.25) is 0 Å². The van der Waals surface area contributed by atoms with E-state index in [9.17, 15) is 4.79 Å². The van der Waals surface area contributed by atoms with Gasteiger partial charge in [-0.2, -0.15) is 10.1 Å². The van der Waals surface area contributed by atoms with Gasteiger partial charge in [0.15, 0.2) is 5.69 Å². The Hall–Kier alpha value is -3.69. The molecule has 4 aromatic rings. The molecule has 0 radical (unpaired) electrons. The van der Waals surface area contributed by atoms with E-state index >= 15 is 0 Å². The Balaban J connectivity index is 1.70. The van der Waals surface area contributed by atoms with E-state index in [2.05, 4.69) is 20.2 Å². The number of fused-ring (bicyclic) bond motifs is 1. The third-order valence-corrected chi connectivity index (χ3v) is 3.99. The van der Waals surface area contributed by atoms with Crippen LogP contribution in [0.4, 0.5) is 10.7 Å². The molecule has 0 aliphatic heterocycles.